The van der Waals surface area contributed by atoms with Gasteiger partial charge in [-0.1, -0.05) is 57.4 Å². The number of rotatable bonds is 6. The van der Waals surface area contributed by atoms with Crippen molar-refractivity contribution in [2.75, 3.05) is 13.3 Å². The molecule has 0 aromatic carbocycles. The molecule has 2 saturated carbocycles. The predicted octanol–water partition coefficient (Wildman–Crippen LogP) is 4.02. The molecular weight excluding hydrogens is 262 g/mol. The van der Waals surface area contributed by atoms with E-state index in [2.05, 4.69) is 6.58 Å². The first-order chi connectivity index (χ1) is 10.4. The molecule has 122 valence electrons. The molecule has 3 unspecified atom stereocenters. The summed E-state index contributed by atoms with van der Waals surface area (Å²) in [6.45, 7) is 4.73. The zero-order valence-electron chi connectivity index (χ0n) is 13.5. The third kappa shape index (κ3) is 5.08. The summed E-state index contributed by atoms with van der Waals surface area (Å²) in [6, 6.07) is 0. The van der Waals surface area contributed by atoms with E-state index < -0.39 is 0 Å². The minimum absolute atomic E-state index is 0.172. The molecule has 3 heteroatoms. The fraction of sp³-hybridized carbons (Fsp3) is 0.889. The van der Waals surface area contributed by atoms with Crippen LogP contribution in [-0.4, -0.2) is 25.5 Å². The monoisotopic (exact) mass is 295 g/mol. The van der Waals surface area contributed by atoms with Gasteiger partial charge in [-0.3, -0.25) is 0 Å². The van der Waals surface area contributed by atoms with Crippen molar-refractivity contribution >= 4 is 0 Å². The molecule has 0 radical (unpaired) electrons. The molecule has 0 heterocycles. The lowest BCUT2D eigenvalue weighted by atomic mass is 9.79. The summed E-state index contributed by atoms with van der Waals surface area (Å²) in [6.07, 6.45) is 15.5. The third-order valence-electron chi connectivity index (χ3n) is 5.29. The van der Waals surface area contributed by atoms with Crippen LogP contribution in [0.5, 0.6) is 0 Å². The van der Waals surface area contributed by atoms with Crippen molar-refractivity contribution in [3.63, 3.8) is 0 Å². The van der Waals surface area contributed by atoms with Crippen LogP contribution >= 0.6 is 0 Å². The van der Waals surface area contributed by atoms with E-state index in [1.165, 1.54) is 57.8 Å². The lowest BCUT2D eigenvalue weighted by Crippen LogP contribution is -2.41. The number of hydrogen-bond donors (Lipinski definition) is 1. The first-order valence-corrected chi connectivity index (χ1v) is 8.91. The molecule has 0 aromatic rings. The lowest BCUT2D eigenvalue weighted by Gasteiger charge is -2.36. The predicted molar refractivity (Wildman–Crippen MR) is 87.0 cm³/mol. The molecule has 2 fully saturated rings. The summed E-state index contributed by atoms with van der Waals surface area (Å²) in [4.78, 5) is 0. The second kappa shape index (κ2) is 9.60. The fourth-order valence-corrected chi connectivity index (χ4v) is 4.28. The first kappa shape index (κ1) is 17.0. The highest BCUT2D eigenvalue weighted by Gasteiger charge is 2.37. The van der Waals surface area contributed by atoms with Gasteiger partial charge in [0.25, 0.3) is 0 Å². The van der Waals surface area contributed by atoms with E-state index in [9.17, 15) is 0 Å². The Balaban J connectivity index is 2.09. The van der Waals surface area contributed by atoms with Gasteiger partial charge in [0.1, 0.15) is 0 Å². The van der Waals surface area contributed by atoms with Gasteiger partial charge in [-0.2, -0.15) is 0 Å². The van der Waals surface area contributed by atoms with E-state index in [0.717, 1.165) is 12.3 Å². The van der Waals surface area contributed by atoms with Gasteiger partial charge >= 0.3 is 0 Å². The molecule has 3 atom stereocenters. The van der Waals surface area contributed by atoms with Crippen molar-refractivity contribution in [1.29, 1.82) is 0 Å². The smallest absolute Gasteiger partial charge is 0.0945 e. The summed E-state index contributed by atoms with van der Waals surface area (Å²) in [5, 5.41) is 0. The Kier molecular flexibility index (Phi) is 7.76. The summed E-state index contributed by atoms with van der Waals surface area (Å²) in [5.74, 6) is 1.45. The van der Waals surface area contributed by atoms with Gasteiger partial charge < -0.3 is 15.2 Å². The second-order valence-corrected chi connectivity index (χ2v) is 6.66. The van der Waals surface area contributed by atoms with Gasteiger partial charge in [-0.15, -0.1) is 6.58 Å². The summed E-state index contributed by atoms with van der Waals surface area (Å²) < 4.78 is 12.0. The molecule has 0 saturated heterocycles. The van der Waals surface area contributed by atoms with Crippen molar-refractivity contribution in [1.82, 2.24) is 0 Å². The summed E-state index contributed by atoms with van der Waals surface area (Å²) >= 11 is 0. The van der Waals surface area contributed by atoms with Gasteiger partial charge in [-0.25, -0.2) is 0 Å². The van der Waals surface area contributed by atoms with Crippen molar-refractivity contribution in [2.45, 2.75) is 76.4 Å². The van der Waals surface area contributed by atoms with Gasteiger partial charge in [-0.05, 0) is 24.7 Å². The zero-order chi connectivity index (χ0) is 14.9. The first-order valence-electron chi connectivity index (χ1n) is 8.91. The number of ether oxygens (including phenoxy) is 2. The van der Waals surface area contributed by atoms with Crippen molar-refractivity contribution in [2.24, 2.45) is 17.6 Å². The maximum atomic E-state index is 6.19. The molecule has 2 aliphatic rings. The van der Waals surface area contributed by atoms with E-state index in [1.807, 2.05) is 6.08 Å². The van der Waals surface area contributed by atoms with E-state index in [4.69, 9.17) is 15.2 Å². The molecule has 0 aliphatic heterocycles. The topological polar surface area (TPSA) is 44.5 Å². The minimum atomic E-state index is 0.172. The van der Waals surface area contributed by atoms with Crippen molar-refractivity contribution in [3.8, 4) is 0 Å². The highest BCUT2D eigenvalue weighted by molar-refractivity contribution is 4.88. The Bertz CT molecular complexity index is 287. The average Bonchev–Trinajstić information content (AvgIpc) is 2.86. The van der Waals surface area contributed by atoms with Gasteiger partial charge in [0, 0.05) is 0 Å². The SMILES string of the molecule is C=CCOC1C(OCN)CCCCC1C1CCCCCC1. The van der Waals surface area contributed by atoms with E-state index >= 15 is 0 Å². The molecule has 0 amide bonds. The minimum Gasteiger partial charge on any atom is -0.371 e. The average molecular weight is 295 g/mol. The molecule has 0 bridgehead atoms. The van der Waals surface area contributed by atoms with E-state index in [-0.39, 0.29) is 12.2 Å². The molecule has 3 nitrogen and oxygen atoms in total. The van der Waals surface area contributed by atoms with Gasteiger partial charge in [0.2, 0.25) is 0 Å². The lowest BCUT2D eigenvalue weighted by molar-refractivity contribution is -0.0999. The van der Waals surface area contributed by atoms with Crippen LogP contribution in [0.15, 0.2) is 12.7 Å². The molecular formula is C18H33NO2. The normalized spacial score (nSPS) is 32.3. The van der Waals surface area contributed by atoms with Crippen LogP contribution in [0, 0.1) is 11.8 Å². The Morgan fingerprint density at radius 2 is 1.57 bits per heavy atom. The standard InChI is InChI=1S/C18H33NO2/c1-2-13-20-18-16(15-9-5-3-4-6-10-15)11-7-8-12-17(18)21-14-19/h2,15-18H,1,3-14,19H2. The third-order valence-corrected chi connectivity index (χ3v) is 5.29. The Hall–Kier alpha value is -0.380. The van der Waals surface area contributed by atoms with Crippen LogP contribution in [0.25, 0.3) is 0 Å². The van der Waals surface area contributed by atoms with Crippen LogP contribution in [0.1, 0.15) is 64.2 Å². The Labute approximate surface area is 130 Å². The van der Waals surface area contributed by atoms with E-state index in [1.54, 1.807) is 0 Å². The summed E-state index contributed by atoms with van der Waals surface area (Å²) in [7, 11) is 0. The van der Waals surface area contributed by atoms with Crippen molar-refractivity contribution in [3.05, 3.63) is 12.7 Å². The number of hydrogen-bond acceptors (Lipinski definition) is 3. The molecule has 0 aromatic heterocycles. The zero-order valence-corrected chi connectivity index (χ0v) is 13.5. The largest absolute Gasteiger partial charge is 0.371 e. The Morgan fingerprint density at radius 3 is 2.24 bits per heavy atom. The molecule has 0 spiro atoms. The van der Waals surface area contributed by atoms with Crippen LogP contribution in [0.4, 0.5) is 0 Å². The van der Waals surface area contributed by atoms with Gasteiger partial charge in [0.05, 0.1) is 25.5 Å². The summed E-state index contributed by atoms with van der Waals surface area (Å²) in [5.41, 5.74) is 5.65. The second-order valence-electron chi connectivity index (χ2n) is 6.66. The molecule has 2 N–H and O–H groups in total. The van der Waals surface area contributed by atoms with Crippen LogP contribution in [-0.2, 0) is 9.47 Å². The quantitative estimate of drug-likeness (QED) is 0.457. The molecule has 21 heavy (non-hydrogen) atoms. The van der Waals surface area contributed by atoms with Gasteiger partial charge in [0.15, 0.2) is 0 Å². The van der Waals surface area contributed by atoms with Crippen LogP contribution in [0.2, 0.25) is 0 Å². The highest BCUT2D eigenvalue weighted by atomic mass is 16.5. The molecule has 2 rings (SSSR count). The van der Waals surface area contributed by atoms with Crippen molar-refractivity contribution < 1.29 is 9.47 Å². The fourth-order valence-electron chi connectivity index (χ4n) is 4.28. The van der Waals surface area contributed by atoms with Crippen LogP contribution < -0.4 is 5.73 Å². The van der Waals surface area contributed by atoms with Crippen LogP contribution in [0.3, 0.4) is 0 Å². The Morgan fingerprint density at radius 1 is 0.905 bits per heavy atom. The maximum Gasteiger partial charge on any atom is 0.0945 e. The highest BCUT2D eigenvalue weighted by Crippen LogP contribution is 2.39. The van der Waals surface area contributed by atoms with E-state index in [0.29, 0.717) is 19.3 Å². The molecule has 2 aliphatic carbocycles. The number of nitrogens with two attached hydrogens (primary N) is 1. The maximum absolute atomic E-state index is 6.19.